The Balaban J connectivity index is 2.71. The minimum Gasteiger partial charge on any atom is -0.493 e. The van der Waals surface area contributed by atoms with Gasteiger partial charge >= 0.3 is 0 Å². The molecule has 0 atom stereocenters. The third kappa shape index (κ3) is 4.07. The predicted molar refractivity (Wildman–Crippen MR) is 67.0 cm³/mol. The summed E-state index contributed by atoms with van der Waals surface area (Å²) in [4.78, 5) is 20.8. The van der Waals surface area contributed by atoms with Crippen molar-refractivity contribution in [2.75, 3.05) is 18.6 Å². The standard InChI is InChI=1S/C11H13NO4S/c1-17-6-2-5-16-11-4-3-10(12(14)15)7-9(11)8-13/h3-4,7-8H,2,5-6H2,1H3. The summed E-state index contributed by atoms with van der Waals surface area (Å²) in [5.74, 6) is 1.37. The largest absolute Gasteiger partial charge is 0.493 e. The van der Waals surface area contributed by atoms with Crippen LogP contribution in [0.1, 0.15) is 16.8 Å². The quantitative estimate of drug-likeness (QED) is 0.324. The molecule has 0 heterocycles. The number of hydrogen-bond acceptors (Lipinski definition) is 5. The van der Waals surface area contributed by atoms with Crippen LogP contribution in [0.15, 0.2) is 18.2 Å². The van der Waals surface area contributed by atoms with Gasteiger partial charge < -0.3 is 4.74 Å². The molecule has 0 bridgehead atoms. The first-order valence-electron chi connectivity index (χ1n) is 5.04. The van der Waals surface area contributed by atoms with E-state index in [0.717, 1.165) is 12.2 Å². The van der Waals surface area contributed by atoms with Crippen molar-refractivity contribution in [2.45, 2.75) is 6.42 Å². The lowest BCUT2D eigenvalue weighted by Crippen LogP contribution is -2.01. The summed E-state index contributed by atoms with van der Waals surface area (Å²) in [6.07, 6.45) is 3.44. The number of nitrogens with zero attached hydrogens (tertiary/aromatic N) is 1. The molecule has 6 heteroatoms. The predicted octanol–water partition coefficient (Wildman–Crippen LogP) is 2.54. The molecule has 17 heavy (non-hydrogen) atoms. The zero-order valence-electron chi connectivity index (χ0n) is 9.42. The number of carbonyl (C=O) groups is 1. The van der Waals surface area contributed by atoms with Crippen LogP contribution >= 0.6 is 11.8 Å². The molecule has 1 aromatic rings. The number of aldehydes is 1. The van der Waals surface area contributed by atoms with E-state index in [9.17, 15) is 14.9 Å². The summed E-state index contributed by atoms with van der Waals surface area (Å²) >= 11 is 1.71. The van der Waals surface area contributed by atoms with Crippen molar-refractivity contribution in [1.82, 2.24) is 0 Å². The van der Waals surface area contributed by atoms with Gasteiger partial charge in [-0.15, -0.1) is 0 Å². The highest BCUT2D eigenvalue weighted by Crippen LogP contribution is 2.22. The molecule has 0 fully saturated rings. The molecule has 0 aromatic heterocycles. The summed E-state index contributed by atoms with van der Waals surface area (Å²) in [6, 6.07) is 4.01. The second-order valence-electron chi connectivity index (χ2n) is 3.29. The Morgan fingerprint density at radius 1 is 1.53 bits per heavy atom. The summed E-state index contributed by atoms with van der Waals surface area (Å²) in [6.45, 7) is 0.499. The zero-order valence-corrected chi connectivity index (χ0v) is 10.2. The Morgan fingerprint density at radius 2 is 2.29 bits per heavy atom. The molecule has 0 amide bonds. The van der Waals surface area contributed by atoms with Crippen LogP contribution < -0.4 is 4.74 Å². The lowest BCUT2D eigenvalue weighted by molar-refractivity contribution is -0.384. The SMILES string of the molecule is CSCCCOc1ccc([N+](=O)[O-])cc1C=O. The van der Waals surface area contributed by atoms with Gasteiger partial charge in [-0.1, -0.05) is 0 Å². The molecule has 92 valence electrons. The van der Waals surface area contributed by atoms with Crippen molar-refractivity contribution in [1.29, 1.82) is 0 Å². The van der Waals surface area contributed by atoms with E-state index >= 15 is 0 Å². The number of ether oxygens (including phenoxy) is 1. The molecule has 0 spiro atoms. The Hall–Kier alpha value is -1.56. The molecule has 0 saturated carbocycles. The molecule has 1 rings (SSSR count). The Kier molecular flexibility index (Phi) is 5.48. The molecule has 0 aliphatic heterocycles. The summed E-state index contributed by atoms with van der Waals surface area (Å²) in [5.41, 5.74) is 0.104. The van der Waals surface area contributed by atoms with Gasteiger partial charge in [-0.2, -0.15) is 11.8 Å². The smallest absolute Gasteiger partial charge is 0.270 e. The van der Waals surface area contributed by atoms with E-state index in [1.807, 2.05) is 6.26 Å². The zero-order chi connectivity index (χ0) is 12.7. The van der Waals surface area contributed by atoms with Crippen molar-refractivity contribution in [3.63, 3.8) is 0 Å². The van der Waals surface area contributed by atoms with Crippen LogP contribution in [-0.4, -0.2) is 29.8 Å². The van der Waals surface area contributed by atoms with Crippen molar-refractivity contribution in [2.24, 2.45) is 0 Å². The minimum atomic E-state index is -0.537. The van der Waals surface area contributed by atoms with Crippen molar-refractivity contribution in [3.8, 4) is 5.75 Å². The van der Waals surface area contributed by atoms with Gasteiger partial charge in [0.15, 0.2) is 6.29 Å². The average Bonchev–Trinajstić information content (AvgIpc) is 2.34. The van der Waals surface area contributed by atoms with Gasteiger partial charge in [-0.3, -0.25) is 14.9 Å². The van der Waals surface area contributed by atoms with Crippen LogP contribution in [0.5, 0.6) is 5.75 Å². The van der Waals surface area contributed by atoms with Gasteiger partial charge in [0.2, 0.25) is 0 Å². The van der Waals surface area contributed by atoms with Crippen LogP contribution in [-0.2, 0) is 0 Å². The molecule has 0 unspecified atom stereocenters. The van der Waals surface area contributed by atoms with Crippen LogP contribution in [0, 0.1) is 10.1 Å². The number of nitro groups is 1. The maximum absolute atomic E-state index is 10.8. The van der Waals surface area contributed by atoms with E-state index in [-0.39, 0.29) is 11.3 Å². The Labute approximate surface area is 103 Å². The van der Waals surface area contributed by atoms with E-state index in [1.54, 1.807) is 11.8 Å². The topological polar surface area (TPSA) is 69.4 Å². The monoisotopic (exact) mass is 255 g/mol. The molecule has 0 radical (unpaired) electrons. The third-order valence-corrected chi connectivity index (χ3v) is 2.78. The number of hydrogen-bond donors (Lipinski definition) is 0. The molecule has 1 aromatic carbocycles. The van der Waals surface area contributed by atoms with Crippen LogP contribution in [0.25, 0.3) is 0 Å². The van der Waals surface area contributed by atoms with Gasteiger partial charge in [-0.05, 0) is 24.5 Å². The number of thioether (sulfide) groups is 1. The first kappa shape index (κ1) is 13.5. The maximum atomic E-state index is 10.8. The maximum Gasteiger partial charge on any atom is 0.270 e. The first-order chi connectivity index (χ1) is 8.19. The highest BCUT2D eigenvalue weighted by molar-refractivity contribution is 7.98. The van der Waals surface area contributed by atoms with Crippen LogP contribution in [0.2, 0.25) is 0 Å². The van der Waals surface area contributed by atoms with Crippen molar-refractivity contribution >= 4 is 23.7 Å². The summed E-state index contributed by atoms with van der Waals surface area (Å²) in [7, 11) is 0. The fourth-order valence-corrected chi connectivity index (χ4v) is 1.66. The third-order valence-electron chi connectivity index (χ3n) is 2.08. The number of nitro benzene ring substituents is 1. The van der Waals surface area contributed by atoms with Gasteiger partial charge in [0.25, 0.3) is 5.69 Å². The van der Waals surface area contributed by atoms with Gasteiger partial charge in [0, 0.05) is 12.1 Å². The molecule has 0 aliphatic rings. The van der Waals surface area contributed by atoms with Gasteiger partial charge in [0.05, 0.1) is 17.1 Å². The highest BCUT2D eigenvalue weighted by atomic mass is 32.2. The summed E-state index contributed by atoms with van der Waals surface area (Å²) < 4.78 is 5.40. The fraction of sp³-hybridized carbons (Fsp3) is 0.364. The van der Waals surface area contributed by atoms with E-state index in [4.69, 9.17) is 4.74 Å². The van der Waals surface area contributed by atoms with Crippen LogP contribution in [0.3, 0.4) is 0 Å². The van der Waals surface area contributed by atoms with Crippen molar-refractivity contribution in [3.05, 3.63) is 33.9 Å². The molecular weight excluding hydrogens is 242 g/mol. The number of rotatable bonds is 7. The Bertz CT molecular complexity index is 408. The summed E-state index contributed by atoms with van der Waals surface area (Å²) in [5, 5.41) is 10.5. The Morgan fingerprint density at radius 3 is 2.88 bits per heavy atom. The normalized spacial score (nSPS) is 9.94. The van der Waals surface area contributed by atoms with E-state index in [2.05, 4.69) is 0 Å². The molecule has 0 aliphatic carbocycles. The van der Waals surface area contributed by atoms with Crippen molar-refractivity contribution < 1.29 is 14.5 Å². The highest BCUT2D eigenvalue weighted by Gasteiger charge is 2.10. The first-order valence-corrected chi connectivity index (χ1v) is 6.43. The van der Waals surface area contributed by atoms with Gasteiger partial charge in [-0.25, -0.2) is 0 Å². The van der Waals surface area contributed by atoms with Gasteiger partial charge in [0.1, 0.15) is 5.75 Å². The number of carbonyl (C=O) groups excluding carboxylic acids is 1. The van der Waals surface area contributed by atoms with E-state index in [1.165, 1.54) is 18.2 Å². The fourth-order valence-electron chi connectivity index (χ4n) is 1.26. The second kappa shape index (κ2) is 6.90. The van der Waals surface area contributed by atoms with E-state index < -0.39 is 4.92 Å². The van der Waals surface area contributed by atoms with Crippen LogP contribution in [0.4, 0.5) is 5.69 Å². The molecule has 5 nitrogen and oxygen atoms in total. The lowest BCUT2D eigenvalue weighted by Gasteiger charge is -2.07. The number of non-ortho nitro benzene ring substituents is 1. The molecular formula is C11H13NO4S. The second-order valence-corrected chi connectivity index (χ2v) is 4.28. The lowest BCUT2D eigenvalue weighted by atomic mass is 10.2. The molecule has 0 N–H and O–H groups in total. The minimum absolute atomic E-state index is 0.108. The number of benzene rings is 1. The van der Waals surface area contributed by atoms with E-state index in [0.29, 0.717) is 18.6 Å². The molecule has 0 saturated heterocycles. The average molecular weight is 255 g/mol.